The average Bonchev–Trinajstić information content (AvgIpc) is 2.72. The first-order valence-electron chi connectivity index (χ1n) is 10.7. The predicted molar refractivity (Wildman–Crippen MR) is 107 cm³/mol. The SMILES string of the molecule is O=C(Nc1ccc(C(F)(F)F)cn1)N1CCN(C(=O)[C@H]2CN(C3CCC3)CCN2)CC1. The van der Waals surface area contributed by atoms with Gasteiger partial charge in [-0.05, 0) is 25.0 Å². The van der Waals surface area contributed by atoms with Crippen molar-refractivity contribution in [2.75, 3.05) is 51.1 Å². The number of carbonyl (C=O) groups excluding carboxylic acids is 2. The molecular weight excluding hydrogens is 413 g/mol. The van der Waals surface area contributed by atoms with E-state index in [9.17, 15) is 22.8 Å². The van der Waals surface area contributed by atoms with E-state index in [1.54, 1.807) is 4.90 Å². The summed E-state index contributed by atoms with van der Waals surface area (Å²) in [5.74, 6) is 0.118. The molecule has 1 aromatic rings. The molecule has 3 aliphatic rings. The van der Waals surface area contributed by atoms with E-state index < -0.39 is 17.8 Å². The number of pyridine rings is 1. The number of rotatable bonds is 3. The second kappa shape index (κ2) is 8.99. The molecule has 0 radical (unpaired) electrons. The summed E-state index contributed by atoms with van der Waals surface area (Å²) in [5.41, 5.74) is -0.871. The van der Waals surface area contributed by atoms with E-state index in [1.807, 2.05) is 0 Å². The lowest BCUT2D eigenvalue weighted by atomic mass is 9.90. The van der Waals surface area contributed by atoms with Crippen molar-refractivity contribution in [2.24, 2.45) is 0 Å². The molecule has 3 amide bonds. The minimum atomic E-state index is -4.47. The van der Waals surface area contributed by atoms with Crippen LogP contribution in [0.3, 0.4) is 0 Å². The van der Waals surface area contributed by atoms with Crippen LogP contribution in [-0.4, -0.2) is 89.5 Å². The zero-order valence-corrected chi connectivity index (χ0v) is 17.2. The van der Waals surface area contributed by atoms with E-state index in [0.717, 1.165) is 31.8 Å². The molecule has 3 heterocycles. The van der Waals surface area contributed by atoms with Gasteiger partial charge in [-0.3, -0.25) is 15.0 Å². The molecule has 0 spiro atoms. The van der Waals surface area contributed by atoms with Crippen molar-refractivity contribution in [3.05, 3.63) is 23.9 Å². The number of carbonyl (C=O) groups is 2. The Bertz CT molecular complexity index is 791. The standard InChI is InChI=1S/C20H27F3N6O2/c21-20(22,23)14-4-5-17(25-12-14)26-19(31)28-10-8-27(9-11-28)18(30)16-13-29(7-6-24-16)15-2-1-3-15/h4-5,12,15-16,24H,1-3,6-11,13H2,(H,25,26,31)/t16-/m1/s1. The minimum Gasteiger partial charge on any atom is -0.338 e. The van der Waals surface area contributed by atoms with Crippen LogP contribution in [0.1, 0.15) is 24.8 Å². The van der Waals surface area contributed by atoms with Gasteiger partial charge in [-0.15, -0.1) is 0 Å². The summed E-state index contributed by atoms with van der Waals surface area (Å²) in [6.07, 6.45) is -0.0962. The third kappa shape index (κ3) is 5.09. The van der Waals surface area contributed by atoms with Crippen LogP contribution in [0, 0.1) is 0 Å². The molecule has 8 nitrogen and oxygen atoms in total. The van der Waals surface area contributed by atoms with Crippen LogP contribution in [-0.2, 0) is 11.0 Å². The largest absolute Gasteiger partial charge is 0.417 e. The van der Waals surface area contributed by atoms with Gasteiger partial charge in [0.15, 0.2) is 0 Å². The quantitative estimate of drug-likeness (QED) is 0.747. The van der Waals surface area contributed by atoms with Gasteiger partial charge in [0.2, 0.25) is 5.91 Å². The van der Waals surface area contributed by atoms with E-state index in [2.05, 4.69) is 20.5 Å². The monoisotopic (exact) mass is 440 g/mol. The first kappa shape index (κ1) is 21.8. The van der Waals surface area contributed by atoms with Crippen molar-refractivity contribution in [3.63, 3.8) is 0 Å². The molecule has 2 saturated heterocycles. The van der Waals surface area contributed by atoms with Gasteiger partial charge < -0.3 is 15.1 Å². The van der Waals surface area contributed by atoms with Crippen molar-refractivity contribution in [3.8, 4) is 0 Å². The Kier molecular flexibility index (Phi) is 6.33. The lowest BCUT2D eigenvalue weighted by Crippen LogP contribution is -2.62. The average molecular weight is 440 g/mol. The third-order valence-electron chi connectivity index (χ3n) is 6.30. The molecular formula is C20H27F3N6O2. The van der Waals surface area contributed by atoms with E-state index in [0.29, 0.717) is 38.4 Å². The van der Waals surface area contributed by atoms with E-state index in [1.165, 1.54) is 24.2 Å². The summed E-state index contributed by atoms with van der Waals surface area (Å²) in [5, 5.41) is 5.83. The second-order valence-corrected chi connectivity index (χ2v) is 8.26. The second-order valence-electron chi connectivity index (χ2n) is 8.26. The minimum absolute atomic E-state index is 0.0546. The maximum atomic E-state index is 12.9. The van der Waals surface area contributed by atoms with Crippen molar-refractivity contribution < 1.29 is 22.8 Å². The van der Waals surface area contributed by atoms with Gasteiger partial charge in [-0.1, -0.05) is 6.42 Å². The maximum Gasteiger partial charge on any atom is 0.417 e. The molecule has 0 aromatic carbocycles. The lowest BCUT2D eigenvalue weighted by molar-refractivity contribution is -0.138. The summed E-state index contributed by atoms with van der Waals surface area (Å²) in [7, 11) is 0. The van der Waals surface area contributed by atoms with Crippen molar-refractivity contribution >= 4 is 17.8 Å². The number of amides is 3. The summed E-state index contributed by atoms with van der Waals surface area (Å²) in [6.45, 7) is 4.07. The molecule has 1 atom stereocenters. The van der Waals surface area contributed by atoms with Crippen LogP contribution in [0.5, 0.6) is 0 Å². The van der Waals surface area contributed by atoms with Gasteiger partial charge in [0.25, 0.3) is 0 Å². The maximum absolute atomic E-state index is 12.9. The van der Waals surface area contributed by atoms with Crippen molar-refractivity contribution in [1.29, 1.82) is 0 Å². The number of halogens is 3. The fraction of sp³-hybridized carbons (Fsp3) is 0.650. The fourth-order valence-corrected chi connectivity index (χ4v) is 4.20. The molecule has 0 unspecified atom stereocenters. The summed E-state index contributed by atoms with van der Waals surface area (Å²) in [4.78, 5) is 34.7. The molecule has 3 fully saturated rings. The summed E-state index contributed by atoms with van der Waals surface area (Å²) in [6, 6.07) is 1.96. The molecule has 1 aromatic heterocycles. The zero-order valence-electron chi connectivity index (χ0n) is 17.2. The highest BCUT2D eigenvalue weighted by atomic mass is 19.4. The number of nitrogens with zero attached hydrogens (tertiary/aromatic N) is 4. The van der Waals surface area contributed by atoms with Crippen molar-refractivity contribution in [2.45, 2.75) is 37.5 Å². The molecule has 0 bridgehead atoms. The Hall–Kier alpha value is -2.40. The Morgan fingerprint density at radius 3 is 2.35 bits per heavy atom. The van der Waals surface area contributed by atoms with Crippen LogP contribution in [0.4, 0.5) is 23.8 Å². The first-order valence-corrected chi connectivity index (χ1v) is 10.7. The molecule has 2 aliphatic heterocycles. The van der Waals surface area contributed by atoms with Gasteiger partial charge in [0, 0.05) is 58.1 Å². The number of hydrogen-bond donors (Lipinski definition) is 2. The lowest BCUT2D eigenvalue weighted by Gasteiger charge is -2.44. The number of nitrogens with one attached hydrogen (secondary N) is 2. The molecule has 11 heteroatoms. The topological polar surface area (TPSA) is 80.8 Å². The number of aromatic nitrogens is 1. The van der Waals surface area contributed by atoms with Crippen LogP contribution >= 0.6 is 0 Å². The van der Waals surface area contributed by atoms with Crippen molar-refractivity contribution in [1.82, 2.24) is 25.0 Å². The summed E-state index contributed by atoms with van der Waals surface area (Å²) < 4.78 is 37.8. The Labute approximate surface area is 178 Å². The van der Waals surface area contributed by atoms with Crippen LogP contribution in [0.15, 0.2) is 18.3 Å². The van der Waals surface area contributed by atoms with E-state index in [-0.39, 0.29) is 17.8 Å². The van der Waals surface area contributed by atoms with Gasteiger partial charge in [-0.2, -0.15) is 13.2 Å². The van der Waals surface area contributed by atoms with Crippen LogP contribution < -0.4 is 10.6 Å². The number of hydrogen-bond acceptors (Lipinski definition) is 5. The van der Waals surface area contributed by atoms with Gasteiger partial charge in [-0.25, -0.2) is 9.78 Å². The Morgan fingerprint density at radius 1 is 1.06 bits per heavy atom. The van der Waals surface area contributed by atoms with Gasteiger partial charge >= 0.3 is 12.2 Å². The molecule has 4 rings (SSSR count). The molecule has 31 heavy (non-hydrogen) atoms. The van der Waals surface area contributed by atoms with Crippen LogP contribution in [0.25, 0.3) is 0 Å². The number of alkyl halides is 3. The van der Waals surface area contributed by atoms with Gasteiger partial charge in [0.1, 0.15) is 5.82 Å². The molecule has 1 saturated carbocycles. The summed E-state index contributed by atoms with van der Waals surface area (Å²) >= 11 is 0. The Morgan fingerprint density at radius 2 is 1.77 bits per heavy atom. The smallest absolute Gasteiger partial charge is 0.338 e. The van der Waals surface area contributed by atoms with E-state index >= 15 is 0 Å². The first-order chi connectivity index (χ1) is 14.8. The highest BCUT2D eigenvalue weighted by Crippen LogP contribution is 2.29. The third-order valence-corrected chi connectivity index (χ3v) is 6.30. The Balaban J connectivity index is 1.25. The highest BCUT2D eigenvalue weighted by molar-refractivity contribution is 5.88. The molecule has 170 valence electrons. The number of piperazine rings is 2. The van der Waals surface area contributed by atoms with Gasteiger partial charge in [0.05, 0.1) is 11.6 Å². The molecule has 2 N–H and O–H groups in total. The zero-order chi connectivity index (χ0) is 22.0. The predicted octanol–water partition coefficient (Wildman–Crippen LogP) is 1.60. The number of urea groups is 1. The van der Waals surface area contributed by atoms with Crippen LogP contribution in [0.2, 0.25) is 0 Å². The van der Waals surface area contributed by atoms with E-state index in [4.69, 9.17) is 0 Å². The highest BCUT2D eigenvalue weighted by Gasteiger charge is 2.35. The fourth-order valence-electron chi connectivity index (χ4n) is 4.20. The number of anilines is 1. The molecule has 1 aliphatic carbocycles. The normalized spacial score (nSPS) is 23.4.